The molecule has 0 saturated heterocycles. The quantitative estimate of drug-likeness (QED) is 0.308. The molecular formula is C29H31N3O4. The van der Waals surface area contributed by atoms with Gasteiger partial charge in [-0.2, -0.15) is 0 Å². The lowest BCUT2D eigenvalue weighted by Gasteiger charge is -2.26. The maximum atomic E-state index is 11.8. The minimum absolute atomic E-state index is 0.167. The maximum Gasteiger partial charge on any atom is 0.337 e. The van der Waals surface area contributed by atoms with Crippen LogP contribution in [-0.2, 0) is 12.0 Å². The monoisotopic (exact) mass is 485 g/mol. The molecule has 36 heavy (non-hydrogen) atoms. The van der Waals surface area contributed by atoms with E-state index in [0.717, 1.165) is 39.0 Å². The Morgan fingerprint density at radius 3 is 2.69 bits per heavy atom. The van der Waals surface area contributed by atoms with Crippen molar-refractivity contribution >= 4 is 16.9 Å². The fraction of sp³-hybridized carbons (Fsp3) is 0.276. The molecule has 0 aliphatic carbocycles. The highest BCUT2D eigenvalue weighted by molar-refractivity contribution is 6.02. The van der Waals surface area contributed by atoms with Crippen molar-refractivity contribution in [1.82, 2.24) is 4.57 Å². The molecule has 0 fully saturated rings. The standard InChI is InChI=1S/C29H31N3O4/c1-29(2,16-30)21-11-19(18-6-7-26-23(13-18)24(31)15-36-26)10-20(12-21)25(33)14-32-9-8-17-4-3-5-22(27(17)32)28(34)35/h3-13,24-25,33H,14-16,30-31H2,1-2H3,(H,34,35)/t24-,25+/m1/s1. The number of aromatic carboxylic acids is 1. The molecule has 4 aromatic rings. The summed E-state index contributed by atoms with van der Waals surface area (Å²) in [5.74, 6) is -0.193. The minimum Gasteiger partial charge on any atom is -0.491 e. The Balaban J connectivity index is 1.57. The van der Waals surface area contributed by atoms with Gasteiger partial charge in [0.05, 0.1) is 29.8 Å². The molecule has 7 heteroatoms. The number of para-hydroxylation sites is 1. The molecule has 1 aliphatic heterocycles. The van der Waals surface area contributed by atoms with Gasteiger partial charge in [0.2, 0.25) is 0 Å². The zero-order chi connectivity index (χ0) is 25.6. The van der Waals surface area contributed by atoms with Crippen molar-refractivity contribution in [2.75, 3.05) is 13.2 Å². The van der Waals surface area contributed by atoms with E-state index < -0.39 is 12.1 Å². The average Bonchev–Trinajstić information content (AvgIpc) is 3.46. The van der Waals surface area contributed by atoms with Crippen LogP contribution in [0.5, 0.6) is 5.75 Å². The number of nitrogens with zero attached hydrogens (tertiary/aromatic N) is 1. The smallest absolute Gasteiger partial charge is 0.337 e. The second kappa shape index (κ2) is 9.09. The normalized spacial score (nSPS) is 16.1. The molecule has 0 saturated carbocycles. The van der Waals surface area contributed by atoms with Crippen molar-refractivity contribution in [1.29, 1.82) is 0 Å². The lowest BCUT2D eigenvalue weighted by Crippen LogP contribution is -2.28. The highest BCUT2D eigenvalue weighted by atomic mass is 16.5. The third-order valence-electron chi connectivity index (χ3n) is 7.18. The van der Waals surface area contributed by atoms with Gasteiger partial charge in [0, 0.05) is 29.1 Å². The first-order valence-corrected chi connectivity index (χ1v) is 12.1. The van der Waals surface area contributed by atoms with E-state index in [2.05, 4.69) is 26.0 Å². The third-order valence-corrected chi connectivity index (χ3v) is 7.18. The first-order chi connectivity index (χ1) is 17.2. The van der Waals surface area contributed by atoms with Gasteiger partial charge in [-0.05, 0) is 52.6 Å². The lowest BCUT2D eigenvalue weighted by atomic mass is 9.81. The number of aromatic nitrogens is 1. The van der Waals surface area contributed by atoms with Crippen LogP contribution in [0.1, 0.15) is 53.0 Å². The summed E-state index contributed by atoms with van der Waals surface area (Å²) in [6.45, 7) is 5.27. The fourth-order valence-electron chi connectivity index (χ4n) is 4.82. The summed E-state index contributed by atoms with van der Waals surface area (Å²) in [5, 5.41) is 21.9. The fourth-order valence-corrected chi connectivity index (χ4v) is 4.82. The van der Waals surface area contributed by atoms with Crippen LogP contribution in [0.15, 0.2) is 66.9 Å². The van der Waals surface area contributed by atoms with Crippen molar-refractivity contribution in [3.05, 3.63) is 89.1 Å². The summed E-state index contributed by atoms with van der Waals surface area (Å²) >= 11 is 0. The highest BCUT2D eigenvalue weighted by Gasteiger charge is 2.24. The van der Waals surface area contributed by atoms with E-state index in [1.807, 2.05) is 42.6 Å². The molecule has 6 N–H and O–H groups in total. The predicted molar refractivity (Wildman–Crippen MR) is 140 cm³/mol. The van der Waals surface area contributed by atoms with E-state index in [-0.39, 0.29) is 23.6 Å². The summed E-state index contributed by atoms with van der Waals surface area (Å²) in [6, 6.07) is 19.0. The third kappa shape index (κ3) is 4.26. The van der Waals surface area contributed by atoms with Gasteiger partial charge in [0.1, 0.15) is 12.4 Å². The number of carboxylic acids is 1. The minimum atomic E-state index is -0.997. The van der Waals surface area contributed by atoms with E-state index in [1.54, 1.807) is 16.7 Å². The first kappa shape index (κ1) is 24.1. The second-order valence-electron chi connectivity index (χ2n) is 10.1. The van der Waals surface area contributed by atoms with Gasteiger partial charge in [0.15, 0.2) is 0 Å². The molecule has 7 nitrogen and oxygen atoms in total. The van der Waals surface area contributed by atoms with E-state index in [4.69, 9.17) is 16.2 Å². The van der Waals surface area contributed by atoms with Gasteiger partial charge in [-0.25, -0.2) is 4.79 Å². The average molecular weight is 486 g/mol. The number of carbonyl (C=O) groups is 1. The van der Waals surface area contributed by atoms with E-state index in [9.17, 15) is 15.0 Å². The topological polar surface area (TPSA) is 124 Å². The number of aliphatic hydroxyl groups is 1. The molecule has 0 amide bonds. The number of carboxylic acid groups (broad SMARTS) is 1. The van der Waals surface area contributed by atoms with E-state index in [0.29, 0.717) is 18.7 Å². The molecule has 1 aliphatic rings. The molecule has 0 bridgehead atoms. The van der Waals surface area contributed by atoms with Crippen LogP contribution in [0, 0.1) is 0 Å². The van der Waals surface area contributed by atoms with Gasteiger partial charge < -0.3 is 31.0 Å². The Labute approximate surface area is 209 Å². The van der Waals surface area contributed by atoms with Gasteiger partial charge in [-0.3, -0.25) is 0 Å². The number of fused-ring (bicyclic) bond motifs is 2. The molecule has 0 unspecified atom stereocenters. The SMILES string of the molecule is CC(C)(CN)c1cc(-c2ccc3c(c2)[C@H](N)CO3)cc([C@@H](O)Cn2ccc3cccc(C(=O)O)c32)c1. The van der Waals surface area contributed by atoms with E-state index in [1.165, 1.54) is 0 Å². The Morgan fingerprint density at radius 1 is 1.14 bits per heavy atom. The van der Waals surface area contributed by atoms with Gasteiger partial charge >= 0.3 is 5.97 Å². The molecular weight excluding hydrogens is 454 g/mol. The zero-order valence-corrected chi connectivity index (χ0v) is 20.4. The van der Waals surface area contributed by atoms with Crippen molar-refractivity contribution < 1.29 is 19.7 Å². The van der Waals surface area contributed by atoms with Crippen LogP contribution >= 0.6 is 0 Å². The molecule has 0 radical (unpaired) electrons. The molecule has 3 aromatic carbocycles. The summed E-state index contributed by atoms with van der Waals surface area (Å²) < 4.78 is 7.45. The Kier molecular flexibility index (Phi) is 6.08. The van der Waals surface area contributed by atoms with Crippen LogP contribution in [0.25, 0.3) is 22.0 Å². The van der Waals surface area contributed by atoms with Crippen LogP contribution < -0.4 is 16.2 Å². The lowest BCUT2D eigenvalue weighted by molar-refractivity contribution is 0.0698. The second-order valence-corrected chi connectivity index (χ2v) is 10.1. The Hall–Kier alpha value is -3.65. The molecule has 2 atom stereocenters. The maximum absolute atomic E-state index is 11.8. The van der Waals surface area contributed by atoms with Gasteiger partial charge in [0.25, 0.3) is 0 Å². The van der Waals surface area contributed by atoms with Crippen molar-refractivity contribution in [3.8, 4) is 16.9 Å². The number of hydrogen-bond acceptors (Lipinski definition) is 5. The van der Waals surface area contributed by atoms with Crippen LogP contribution in [0.2, 0.25) is 0 Å². The number of ether oxygens (including phenoxy) is 1. The zero-order valence-electron chi connectivity index (χ0n) is 20.4. The van der Waals surface area contributed by atoms with Crippen molar-refractivity contribution in [2.24, 2.45) is 11.5 Å². The summed E-state index contributed by atoms with van der Waals surface area (Å²) in [4.78, 5) is 11.8. The molecule has 186 valence electrons. The molecule has 5 rings (SSSR count). The van der Waals surface area contributed by atoms with Crippen molar-refractivity contribution in [3.63, 3.8) is 0 Å². The van der Waals surface area contributed by atoms with E-state index >= 15 is 0 Å². The summed E-state index contributed by atoms with van der Waals surface area (Å²) in [6.07, 6.45) is 0.950. The number of nitrogens with two attached hydrogens (primary N) is 2. The Morgan fingerprint density at radius 2 is 1.94 bits per heavy atom. The van der Waals surface area contributed by atoms with Gasteiger partial charge in [-0.15, -0.1) is 0 Å². The Bertz CT molecular complexity index is 1460. The largest absolute Gasteiger partial charge is 0.491 e. The highest BCUT2D eigenvalue weighted by Crippen LogP contribution is 2.37. The van der Waals surface area contributed by atoms with Crippen molar-refractivity contribution in [2.45, 2.75) is 38.0 Å². The number of hydrogen-bond donors (Lipinski definition) is 4. The van der Waals surface area contributed by atoms with Crippen LogP contribution in [-0.4, -0.2) is 33.9 Å². The molecule has 2 heterocycles. The number of aliphatic hydroxyl groups excluding tert-OH is 1. The summed E-state index contributed by atoms with van der Waals surface area (Å²) in [5.41, 5.74) is 17.5. The molecule has 1 aromatic heterocycles. The summed E-state index contributed by atoms with van der Waals surface area (Å²) in [7, 11) is 0. The van der Waals surface area contributed by atoms with Crippen LogP contribution in [0.4, 0.5) is 0 Å². The molecule has 0 spiro atoms. The number of benzene rings is 3. The predicted octanol–water partition coefficient (Wildman–Crippen LogP) is 4.37. The van der Waals surface area contributed by atoms with Gasteiger partial charge in [-0.1, -0.05) is 44.2 Å². The number of rotatable bonds is 7. The van der Waals surface area contributed by atoms with Crippen LogP contribution in [0.3, 0.4) is 0 Å². The first-order valence-electron chi connectivity index (χ1n) is 12.1.